The number of carbonyl (C=O) groups excluding carboxylic acids is 1. The summed E-state index contributed by atoms with van der Waals surface area (Å²) < 4.78 is 6.75. The Hall–Kier alpha value is -0.933. The fraction of sp³-hybridized carbons (Fsp3) is 0.750. The van der Waals surface area contributed by atoms with Gasteiger partial charge in [-0.05, 0) is 92.3 Å². The Balaban J connectivity index is 1.76. The van der Waals surface area contributed by atoms with Crippen molar-refractivity contribution in [2.24, 2.45) is 23.2 Å². The van der Waals surface area contributed by atoms with E-state index in [2.05, 4.69) is 66.4 Å². The minimum Gasteiger partial charge on any atom is -0.414 e. The number of aldehydes is 1. The van der Waals surface area contributed by atoms with Gasteiger partial charge in [-0.25, -0.2) is 0 Å². The Kier molecular flexibility index (Phi) is 7.28. The molecule has 0 spiro atoms. The summed E-state index contributed by atoms with van der Waals surface area (Å²) in [5, 5.41) is 0.248. The van der Waals surface area contributed by atoms with Crippen LogP contribution in [0.3, 0.4) is 0 Å². The molecule has 3 aliphatic carbocycles. The van der Waals surface area contributed by atoms with Crippen molar-refractivity contribution in [3.63, 3.8) is 0 Å². The van der Waals surface area contributed by atoms with Crippen molar-refractivity contribution in [1.82, 2.24) is 0 Å². The molecule has 0 aliphatic heterocycles. The van der Waals surface area contributed by atoms with Crippen molar-refractivity contribution in [3.05, 3.63) is 35.5 Å². The maximum absolute atomic E-state index is 11.5. The maximum atomic E-state index is 11.5. The molecule has 3 unspecified atom stereocenters. The first-order chi connectivity index (χ1) is 14.4. The van der Waals surface area contributed by atoms with Gasteiger partial charge in [-0.1, -0.05) is 64.5 Å². The third-order valence-corrected chi connectivity index (χ3v) is 13.9. The number of hydrogen-bond donors (Lipinski definition) is 0. The molecule has 3 fully saturated rings. The summed E-state index contributed by atoms with van der Waals surface area (Å²) in [5.74, 6) is 1.36. The molecule has 174 valence electrons. The van der Waals surface area contributed by atoms with Crippen LogP contribution in [0.15, 0.2) is 35.5 Å². The Morgan fingerprint density at radius 3 is 2.52 bits per heavy atom. The first-order valence-electron chi connectivity index (χ1n) is 12.6. The van der Waals surface area contributed by atoms with Gasteiger partial charge in [0, 0.05) is 12.0 Å². The van der Waals surface area contributed by atoms with Crippen LogP contribution in [0, 0.1) is 23.2 Å². The first-order valence-corrected chi connectivity index (χ1v) is 15.5. The molecule has 3 aliphatic rings. The van der Waals surface area contributed by atoms with Crippen molar-refractivity contribution in [2.75, 3.05) is 0 Å². The Morgan fingerprint density at radius 1 is 1.16 bits per heavy atom. The fourth-order valence-electron chi connectivity index (χ4n) is 6.31. The Bertz CT molecular complexity index is 753. The summed E-state index contributed by atoms with van der Waals surface area (Å²) >= 11 is 0. The zero-order valence-corrected chi connectivity index (χ0v) is 22.2. The van der Waals surface area contributed by atoms with Crippen molar-refractivity contribution in [1.29, 1.82) is 0 Å². The zero-order chi connectivity index (χ0) is 23.0. The molecular formula is C28H46O2Si. The highest BCUT2D eigenvalue weighted by molar-refractivity contribution is 6.74. The van der Waals surface area contributed by atoms with Crippen LogP contribution in [0.4, 0.5) is 0 Å². The van der Waals surface area contributed by atoms with E-state index in [4.69, 9.17) is 4.43 Å². The first kappa shape index (κ1) is 24.7. The van der Waals surface area contributed by atoms with E-state index in [9.17, 15) is 4.79 Å². The van der Waals surface area contributed by atoms with Gasteiger partial charge in [-0.2, -0.15) is 0 Å². The van der Waals surface area contributed by atoms with Crippen LogP contribution in [0.1, 0.15) is 86.0 Å². The summed E-state index contributed by atoms with van der Waals surface area (Å²) in [7, 11) is -1.75. The van der Waals surface area contributed by atoms with Gasteiger partial charge in [0.1, 0.15) is 6.29 Å². The van der Waals surface area contributed by atoms with Gasteiger partial charge in [0.25, 0.3) is 0 Å². The Morgan fingerprint density at radius 2 is 1.87 bits per heavy atom. The minimum absolute atomic E-state index is 0.180. The van der Waals surface area contributed by atoms with Crippen molar-refractivity contribution < 1.29 is 9.22 Å². The highest BCUT2D eigenvalue weighted by Gasteiger charge is 2.50. The molecule has 3 rings (SSSR count). The van der Waals surface area contributed by atoms with Crippen molar-refractivity contribution in [3.8, 4) is 0 Å². The monoisotopic (exact) mass is 442 g/mol. The molecule has 0 radical (unpaired) electrons. The third-order valence-electron chi connectivity index (χ3n) is 9.32. The number of allylic oxidation sites excluding steroid dienone is 4. The highest BCUT2D eigenvalue weighted by atomic mass is 28.4. The van der Waals surface area contributed by atoms with Crippen LogP contribution < -0.4 is 0 Å². The molecule has 0 heterocycles. The molecule has 5 atom stereocenters. The predicted octanol–water partition coefficient (Wildman–Crippen LogP) is 8.02. The van der Waals surface area contributed by atoms with Gasteiger partial charge in [-0.3, -0.25) is 0 Å². The number of fused-ring (bicyclic) bond motifs is 1. The van der Waals surface area contributed by atoms with E-state index in [1.165, 1.54) is 49.5 Å². The lowest BCUT2D eigenvalue weighted by Gasteiger charge is -2.43. The van der Waals surface area contributed by atoms with Crippen LogP contribution in [0.5, 0.6) is 0 Å². The second-order valence-electron chi connectivity index (χ2n) is 12.4. The summed E-state index contributed by atoms with van der Waals surface area (Å²) in [4.78, 5) is 11.5. The lowest BCUT2D eigenvalue weighted by Crippen LogP contribution is -2.44. The third kappa shape index (κ3) is 5.03. The van der Waals surface area contributed by atoms with Crippen molar-refractivity contribution >= 4 is 14.6 Å². The maximum Gasteiger partial charge on any atom is 0.192 e. The molecule has 0 aromatic rings. The minimum atomic E-state index is -1.75. The van der Waals surface area contributed by atoms with Crippen LogP contribution >= 0.6 is 0 Å². The van der Waals surface area contributed by atoms with Gasteiger partial charge in [0.2, 0.25) is 0 Å². The van der Waals surface area contributed by atoms with Crippen LogP contribution in [0.2, 0.25) is 18.1 Å². The van der Waals surface area contributed by atoms with Gasteiger partial charge in [0.05, 0.1) is 0 Å². The quantitative estimate of drug-likeness (QED) is 0.318. The molecular weight excluding hydrogens is 396 g/mol. The zero-order valence-electron chi connectivity index (χ0n) is 21.2. The molecule has 0 bridgehead atoms. The van der Waals surface area contributed by atoms with Crippen LogP contribution in [0.25, 0.3) is 0 Å². The number of rotatable bonds is 5. The topological polar surface area (TPSA) is 26.3 Å². The van der Waals surface area contributed by atoms with Crippen LogP contribution in [-0.4, -0.2) is 20.7 Å². The predicted molar refractivity (Wildman–Crippen MR) is 135 cm³/mol. The number of carbonyl (C=O) groups is 1. The van der Waals surface area contributed by atoms with E-state index in [1.807, 2.05) is 0 Å². The van der Waals surface area contributed by atoms with Gasteiger partial charge in [-0.15, -0.1) is 0 Å². The molecule has 2 nitrogen and oxygen atoms in total. The van der Waals surface area contributed by atoms with E-state index in [-0.39, 0.29) is 11.0 Å². The largest absolute Gasteiger partial charge is 0.414 e. The lowest BCUT2D eigenvalue weighted by atomic mass is 9.61. The smallest absolute Gasteiger partial charge is 0.192 e. The average Bonchev–Trinajstić information content (AvgIpc) is 3.04. The molecule has 0 amide bonds. The highest BCUT2D eigenvalue weighted by Crippen LogP contribution is 2.59. The molecule has 3 heteroatoms. The number of hydrogen-bond acceptors (Lipinski definition) is 2. The van der Waals surface area contributed by atoms with Gasteiger partial charge in [0.15, 0.2) is 8.32 Å². The van der Waals surface area contributed by atoms with Gasteiger partial charge >= 0.3 is 0 Å². The summed E-state index contributed by atoms with van der Waals surface area (Å²) in [6, 6.07) is 0. The normalized spacial score (nSPS) is 36.0. The SMILES string of the molecule is C=C1CCC(O[Si](C)(C)C(C)(C)C)C/C1=C/C=C1\CCC[C@@]2(C)C1CCC2[C@H](C)C=O. The van der Waals surface area contributed by atoms with E-state index < -0.39 is 8.32 Å². The Labute approximate surface area is 192 Å². The molecule has 0 aromatic heterocycles. The molecule has 0 N–H and O–H groups in total. The summed E-state index contributed by atoms with van der Waals surface area (Å²) in [5.41, 5.74) is 4.59. The van der Waals surface area contributed by atoms with Gasteiger partial charge < -0.3 is 9.22 Å². The standard InChI is InChI=1S/C28H46O2Si/c1-20-11-14-24(30-31(7,8)27(3,4)5)18-23(20)13-12-22-10-9-17-28(6)25(21(2)19-29)15-16-26(22)28/h12-13,19,21,24-26H,1,9-11,14-18H2,2-8H3/b22-12+,23-13-/t21-,24?,25?,26?,28-/m1/s1. The van der Waals surface area contributed by atoms with Crippen molar-refractivity contribution in [2.45, 2.75) is 110 Å². The fourth-order valence-corrected chi connectivity index (χ4v) is 7.70. The van der Waals surface area contributed by atoms with E-state index in [0.717, 1.165) is 19.3 Å². The second-order valence-corrected chi connectivity index (χ2v) is 17.1. The van der Waals surface area contributed by atoms with E-state index in [1.54, 1.807) is 5.57 Å². The molecule has 0 aromatic carbocycles. The summed E-state index contributed by atoms with van der Waals surface area (Å²) in [6.07, 6.45) is 15.7. The average molecular weight is 443 g/mol. The summed E-state index contributed by atoms with van der Waals surface area (Å²) in [6.45, 7) is 20.7. The van der Waals surface area contributed by atoms with E-state index in [0.29, 0.717) is 23.4 Å². The molecule has 3 saturated carbocycles. The molecule has 0 saturated heterocycles. The van der Waals surface area contributed by atoms with E-state index >= 15 is 0 Å². The van der Waals surface area contributed by atoms with Crippen LogP contribution in [-0.2, 0) is 9.22 Å². The lowest BCUT2D eigenvalue weighted by molar-refractivity contribution is -0.113. The molecule has 31 heavy (non-hydrogen) atoms. The second kappa shape index (κ2) is 9.13.